The average molecular weight is 270 g/mol. The highest BCUT2D eigenvalue weighted by Gasteiger charge is 2.24. The summed E-state index contributed by atoms with van der Waals surface area (Å²) in [7, 11) is -3.40. The van der Waals surface area contributed by atoms with E-state index >= 15 is 0 Å². The first-order valence-electron chi connectivity index (χ1n) is 6.08. The first kappa shape index (κ1) is 13.3. The summed E-state index contributed by atoms with van der Waals surface area (Å²) in [6, 6.07) is 6.51. The van der Waals surface area contributed by atoms with Gasteiger partial charge in [-0.05, 0) is 30.7 Å². The normalized spacial score (nSPS) is 16.3. The molecule has 0 saturated carbocycles. The summed E-state index contributed by atoms with van der Waals surface area (Å²) in [6.07, 6.45) is 0.927. The molecular weight excluding hydrogens is 252 g/mol. The van der Waals surface area contributed by atoms with E-state index in [0.717, 1.165) is 6.42 Å². The Balaban J connectivity index is 2.03. The number of rotatable bonds is 6. The van der Waals surface area contributed by atoms with Crippen molar-refractivity contribution in [1.29, 1.82) is 0 Å². The summed E-state index contributed by atoms with van der Waals surface area (Å²) in [4.78, 5) is 0.276. The highest BCUT2D eigenvalue weighted by atomic mass is 32.2. The van der Waals surface area contributed by atoms with E-state index in [1.165, 1.54) is 0 Å². The van der Waals surface area contributed by atoms with Crippen LogP contribution in [0.1, 0.15) is 13.3 Å². The third-order valence-electron chi connectivity index (χ3n) is 2.71. The monoisotopic (exact) mass is 270 g/mol. The molecule has 1 aliphatic rings. The van der Waals surface area contributed by atoms with Crippen LogP contribution >= 0.6 is 0 Å². The Kier molecular flexibility index (Phi) is 4.21. The molecule has 1 aromatic carbocycles. The van der Waals surface area contributed by atoms with Gasteiger partial charge in [0.05, 0.1) is 11.5 Å². The Labute approximate surface area is 108 Å². The quantitative estimate of drug-likeness (QED) is 0.799. The molecule has 100 valence electrons. The molecule has 2 N–H and O–H groups in total. The van der Waals surface area contributed by atoms with Gasteiger partial charge in [-0.3, -0.25) is 0 Å². The minimum atomic E-state index is -3.40. The third-order valence-corrected chi connectivity index (χ3v) is 4.25. The van der Waals surface area contributed by atoms with Crippen LogP contribution in [0.2, 0.25) is 0 Å². The van der Waals surface area contributed by atoms with Crippen LogP contribution in [0.25, 0.3) is 0 Å². The Morgan fingerprint density at radius 2 is 2.00 bits per heavy atom. The van der Waals surface area contributed by atoms with Crippen LogP contribution in [0.5, 0.6) is 5.75 Å². The summed E-state index contributed by atoms with van der Waals surface area (Å²) in [5.74, 6) is 0.695. The van der Waals surface area contributed by atoms with Gasteiger partial charge >= 0.3 is 0 Å². The predicted octanol–water partition coefficient (Wildman–Crippen LogP) is 0.725. The van der Waals surface area contributed by atoms with Crippen molar-refractivity contribution < 1.29 is 13.2 Å². The molecule has 0 amide bonds. The van der Waals surface area contributed by atoms with E-state index in [0.29, 0.717) is 25.4 Å². The first-order chi connectivity index (χ1) is 8.62. The SMILES string of the molecule is CCCOc1ccc(S(=O)(=O)NC2CNC2)cc1. The molecular formula is C12H18N2O3S. The number of ether oxygens (including phenoxy) is 1. The summed E-state index contributed by atoms with van der Waals surface area (Å²) >= 11 is 0. The number of hydrogen-bond donors (Lipinski definition) is 2. The Morgan fingerprint density at radius 3 is 2.50 bits per heavy atom. The molecule has 1 fully saturated rings. The van der Waals surface area contributed by atoms with Crippen molar-refractivity contribution >= 4 is 10.0 Å². The minimum absolute atomic E-state index is 0.00557. The molecule has 5 nitrogen and oxygen atoms in total. The van der Waals surface area contributed by atoms with E-state index in [2.05, 4.69) is 10.0 Å². The molecule has 0 bridgehead atoms. The van der Waals surface area contributed by atoms with Crippen LogP contribution in [-0.4, -0.2) is 34.2 Å². The molecule has 1 aliphatic heterocycles. The van der Waals surface area contributed by atoms with E-state index < -0.39 is 10.0 Å². The van der Waals surface area contributed by atoms with Crippen molar-refractivity contribution in [1.82, 2.24) is 10.0 Å². The zero-order valence-corrected chi connectivity index (χ0v) is 11.2. The molecule has 1 saturated heterocycles. The summed E-state index contributed by atoms with van der Waals surface area (Å²) in [6.45, 7) is 4.04. The molecule has 0 aromatic heterocycles. The topological polar surface area (TPSA) is 67.4 Å². The van der Waals surface area contributed by atoms with Crippen molar-refractivity contribution in [2.75, 3.05) is 19.7 Å². The van der Waals surface area contributed by atoms with Crippen molar-refractivity contribution in [2.24, 2.45) is 0 Å². The lowest BCUT2D eigenvalue weighted by Gasteiger charge is -2.27. The number of nitrogens with one attached hydrogen (secondary N) is 2. The second kappa shape index (κ2) is 5.69. The van der Waals surface area contributed by atoms with Gasteiger partial charge in [-0.1, -0.05) is 6.92 Å². The van der Waals surface area contributed by atoms with E-state index in [9.17, 15) is 8.42 Å². The van der Waals surface area contributed by atoms with Gasteiger partial charge in [-0.15, -0.1) is 0 Å². The Bertz CT molecular complexity index is 481. The number of benzene rings is 1. The van der Waals surface area contributed by atoms with E-state index in [1.807, 2.05) is 6.92 Å². The zero-order chi connectivity index (χ0) is 13.0. The van der Waals surface area contributed by atoms with Crippen molar-refractivity contribution in [3.8, 4) is 5.75 Å². The minimum Gasteiger partial charge on any atom is -0.494 e. The van der Waals surface area contributed by atoms with Crippen LogP contribution in [0, 0.1) is 0 Å². The van der Waals surface area contributed by atoms with Crippen molar-refractivity contribution in [2.45, 2.75) is 24.3 Å². The fourth-order valence-electron chi connectivity index (χ4n) is 1.59. The molecule has 2 rings (SSSR count). The van der Waals surface area contributed by atoms with Crippen LogP contribution in [-0.2, 0) is 10.0 Å². The van der Waals surface area contributed by atoms with Crippen LogP contribution in [0.3, 0.4) is 0 Å². The second-order valence-corrected chi connectivity index (χ2v) is 6.01. The van der Waals surface area contributed by atoms with Crippen LogP contribution < -0.4 is 14.8 Å². The molecule has 1 heterocycles. The average Bonchev–Trinajstić information content (AvgIpc) is 2.32. The first-order valence-corrected chi connectivity index (χ1v) is 7.56. The van der Waals surface area contributed by atoms with Gasteiger partial charge in [0.25, 0.3) is 0 Å². The largest absolute Gasteiger partial charge is 0.494 e. The maximum Gasteiger partial charge on any atom is 0.240 e. The molecule has 1 aromatic rings. The molecule has 0 spiro atoms. The molecule has 0 aliphatic carbocycles. The van der Waals surface area contributed by atoms with E-state index in [1.54, 1.807) is 24.3 Å². The maximum absolute atomic E-state index is 12.0. The summed E-state index contributed by atoms with van der Waals surface area (Å²) in [5.41, 5.74) is 0. The van der Waals surface area contributed by atoms with Crippen LogP contribution in [0.4, 0.5) is 0 Å². The lowest BCUT2D eigenvalue weighted by atomic mass is 10.2. The van der Waals surface area contributed by atoms with Gasteiger partial charge in [0.2, 0.25) is 10.0 Å². The fraction of sp³-hybridized carbons (Fsp3) is 0.500. The lowest BCUT2D eigenvalue weighted by Crippen LogP contribution is -2.56. The van der Waals surface area contributed by atoms with Gasteiger partial charge in [0.15, 0.2) is 0 Å². The van der Waals surface area contributed by atoms with Gasteiger partial charge in [-0.25, -0.2) is 13.1 Å². The molecule has 18 heavy (non-hydrogen) atoms. The lowest BCUT2D eigenvalue weighted by molar-refractivity contribution is 0.317. The highest BCUT2D eigenvalue weighted by Crippen LogP contribution is 2.16. The van der Waals surface area contributed by atoms with E-state index in [4.69, 9.17) is 4.74 Å². The summed E-state index contributed by atoms with van der Waals surface area (Å²) in [5, 5.41) is 3.02. The molecule has 0 atom stereocenters. The third kappa shape index (κ3) is 3.22. The standard InChI is InChI=1S/C12H18N2O3S/c1-2-7-17-11-3-5-12(6-4-11)18(15,16)14-10-8-13-9-10/h3-6,10,13-14H,2,7-9H2,1H3. The van der Waals surface area contributed by atoms with Gasteiger partial charge in [-0.2, -0.15) is 0 Å². The molecule has 0 radical (unpaired) electrons. The Hall–Kier alpha value is -1.11. The predicted molar refractivity (Wildman–Crippen MR) is 69.2 cm³/mol. The van der Waals surface area contributed by atoms with Gasteiger partial charge in [0, 0.05) is 19.1 Å². The molecule has 6 heteroatoms. The Morgan fingerprint density at radius 1 is 1.33 bits per heavy atom. The summed E-state index contributed by atoms with van der Waals surface area (Å²) < 4.78 is 32.0. The van der Waals surface area contributed by atoms with E-state index in [-0.39, 0.29) is 10.9 Å². The second-order valence-electron chi connectivity index (χ2n) is 4.30. The molecule has 0 unspecified atom stereocenters. The maximum atomic E-state index is 12.0. The number of sulfonamides is 1. The van der Waals surface area contributed by atoms with Crippen molar-refractivity contribution in [3.63, 3.8) is 0 Å². The smallest absolute Gasteiger partial charge is 0.240 e. The van der Waals surface area contributed by atoms with Crippen LogP contribution in [0.15, 0.2) is 29.2 Å². The zero-order valence-electron chi connectivity index (χ0n) is 10.3. The fourth-order valence-corrected chi connectivity index (χ4v) is 2.83. The highest BCUT2D eigenvalue weighted by molar-refractivity contribution is 7.89. The number of hydrogen-bond acceptors (Lipinski definition) is 4. The van der Waals surface area contributed by atoms with Crippen molar-refractivity contribution in [3.05, 3.63) is 24.3 Å². The van der Waals surface area contributed by atoms with Gasteiger partial charge in [0.1, 0.15) is 5.75 Å². The van der Waals surface area contributed by atoms with Gasteiger partial charge < -0.3 is 10.1 Å².